The number of fused-ring (bicyclic) bond motifs is 2. The molecule has 0 aliphatic carbocycles. The number of hydrogen-bond donors (Lipinski definition) is 0. The van der Waals surface area contributed by atoms with Gasteiger partial charge >= 0.3 is 61.5 Å². The molecule has 3 aromatic rings. The Balaban J connectivity index is 0.00000121. The van der Waals surface area contributed by atoms with Gasteiger partial charge in [0.1, 0.15) is 4.90 Å². The Morgan fingerprint density at radius 3 is 2.24 bits per heavy atom. The molecule has 0 fully saturated rings. The molecular formula is C16H13KO3S. The molecule has 3 rings (SSSR count). The summed E-state index contributed by atoms with van der Waals surface area (Å²) in [6.07, 6.45) is 0.926. The molecule has 0 atom stereocenters. The first-order chi connectivity index (χ1) is 9.62. The largest absolute Gasteiger partial charge is 1.00 e. The third-order valence-electron chi connectivity index (χ3n) is 3.17. The molecule has 0 heterocycles. The molecule has 0 saturated heterocycles. The SMILES string of the molecule is C=COS(=O)(=O)c1cccc2cc3ccccc3cc12.[H-].[K+]. The topological polar surface area (TPSA) is 43.4 Å². The van der Waals surface area contributed by atoms with Crippen molar-refractivity contribution in [1.29, 1.82) is 0 Å². The van der Waals surface area contributed by atoms with E-state index in [4.69, 9.17) is 0 Å². The average molecular weight is 324 g/mol. The van der Waals surface area contributed by atoms with Crippen molar-refractivity contribution in [2.45, 2.75) is 4.90 Å². The normalized spacial score (nSPS) is 11.0. The van der Waals surface area contributed by atoms with Gasteiger partial charge in [-0.1, -0.05) is 43.0 Å². The summed E-state index contributed by atoms with van der Waals surface area (Å²) in [6.45, 7) is 3.30. The molecule has 102 valence electrons. The van der Waals surface area contributed by atoms with Gasteiger partial charge in [0.25, 0.3) is 0 Å². The van der Waals surface area contributed by atoms with Gasteiger partial charge in [-0.05, 0) is 34.4 Å². The Bertz CT molecular complexity index is 923. The summed E-state index contributed by atoms with van der Waals surface area (Å²) in [7, 11) is -3.82. The Morgan fingerprint density at radius 1 is 0.952 bits per heavy atom. The summed E-state index contributed by atoms with van der Waals surface area (Å²) >= 11 is 0. The van der Waals surface area contributed by atoms with Gasteiger partial charge in [0, 0.05) is 5.39 Å². The van der Waals surface area contributed by atoms with Crippen molar-refractivity contribution in [3.05, 3.63) is 67.4 Å². The quantitative estimate of drug-likeness (QED) is 0.312. The molecule has 0 radical (unpaired) electrons. The van der Waals surface area contributed by atoms with E-state index in [9.17, 15) is 8.42 Å². The Morgan fingerprint density at radius 2 is 1.57 bits per heavy atom. The van der Waals surface area contributed by atoms with Crippen LogP contribution in [0, 0.1) is 0 Å². The van der Waals surface area contributed by atoms with Gasteiger partial charge in [-0.15, -0.1) is 0 Å². The van der Waals surface area contributed by atoms with Gasteiger partial charge in [0.15, 0.2) is 0 Å². The van der Waals surface area contributed by atoms with Crippen molar-refractivity contribution in [2.75, 3.05) is 0 Å². The second kappa shape index (κ2) is 6.60. The maximum atomic E-state index is 12.1. The predicted molar refractivity (Wildman–Crippen MR) is 81.0 cm³/mol. The summed E-state index contributed by atoms with van der Waals surface area (Å²) in [5.41, 5.74) is 0. The third-order valence-corrected chi connectivity index (χ3v) is 4.45. The third kappa shape index (κ3) is 3.23. The molecule has 0 aliphatic rings. The fraction of sp³-hybridized carbons (Fsp3) is 0. The van der Waals surface area contributed by atoms with Crippen LogP contribution in [-0.4, -0.2) is 8.42 Å². The fourth-order valence-corrected chi connectivity index (χ4v) is 3.27. The van der Waals surface area contributed by atoms with E-state index in [0.29, 0.717) is 5.39 Å². The Kier molecular flexibility index (Phi) is 5.24. The first kappa shape index (κ1) is 16.7. The van der Waals surface area contributed by atoms with Crippen molar-refractivity contribution in [3.8, 4) is 0 Å². The summed E-state index contributed by atoms with van der Waals surface area (Å²) in [4.78, 5) is 0.153. The molecule has 0 N–H and O–H groups in total. The molecule has 0 saturated carbocycles. The standard InChI is InChI=1S/C16H12O3S.K.H/c1-2-19-20(17,18)16-9-5-8-14-10-12-6-3-4-7-13(12)11-15(14)16;;/h2-11H,1H2;;/q;+1;-1. The van der Waals surface area contributed by atoms with Crippen molar-refractivity contribution < 1.29 is 65.4 Å². The van der Waals surface area contributed by atoms with Crippen LogP contribution in [0.2, 0.25) is 0 Å². The zero-order chi connectivity index (χ0) is 14.2. The summed E-state index contributed by atoms with van der Waals surface area (Å²) < 4.78 is 28.8. The predicted octanol–water partition coefficient (Wildman–Crippen LogP) is 0.958. The van der Waals surface area contributed by atoms with E-state index in [1.54, 1.807) is 6.07 Å². The molecular weight excluding hydrogens is 311 g/mol. The van der Waals surface area contributed by atoms with Crippen molar-refractivity contribution >= 4 is 31.7 Å². The number of hydrogen-bond acceptors (Lipinski definition) is 3. The second-order valence-corrected chi connectivity index (χ2v) is 5.93. The van der Waals surface area contributed by atoms with Gasteiger partial charge in [-0.2, -0.15) is 8.42 Å². The van der Waals surface area contributed by atoms with E-state index in [-0.39, 0.29) is 57.7 Å². The molecule has 5 heteroatoms. The van der Waals surface area contributed by atoms with Gasteiger partial charge < -0.3 is 5.61 Å². The molecule has 0 bridgehead atoms. The van der Waals surface area contributed by atoms with Crippen molar-refractivity contribution in [1.82, 2.24) is 0 Å². The van der Waals surface area contributed by atoms with Gasteiger partial charge in [-0.25, -0.2) is 0 Å². The van der Waals surface area contributed by atoms with Gasteiger partial charge in [0.05, 0.1) is 6.26 Å². The zero-order valence-electron chi connectivity index (χ0n) is 12.6. The first-order valence-corrected chi connectivity index (χ1v) is 7.48. The molecule has 3 aromatic carbocycles. The van der Waals surface area contributed by atoms with E-state index < -0.39 is 10.1 Å². The molecule has 0 spiro atoms. The van der Waals surface area contributed by atoms with Crippen LogP contribution in [0.15, 0.2) is 72.3 Å². The van der Waals surface area contributed by atoms with Gasteiger partial charge in [0.2, 0.25) is 0 Å². The van der Waals surface area contributed by atoms with Crippen LogP contribution < -0.4 is 51.4 Å². The first-order valence-electron chi connectivity index (χ1n) is 6.07. The van der Waals surface area contributed by atoms with Crippen LogP contribution in [0.4, 0.5) is 0 Å². The summed E-state index contributed by atoms with van der Waals surface area (Å²) in [6, 6.07) is 16.8. The van der Waals surface area contributed by atoms with E-state index in [1.165, 1.54) is 6.07 Å². The number of benzene rings is 3. The molecule has 0 aliphatic heterocycles. The molecule has 0 unspecified atom stereocenters. The maximum Gasteiger partial charge on any atom is 1.00 e. The molecule has 3 nitrogen and oxygen atoms in total. The van der Waals surface area contributed by atoms with E-state index in [0.717, 1.165) is 22.4 Å². The summed E-state index contributed by atoms with van der Waals surface area (Å²) in [5, 5.41) is 3.56. The molecule has 0 aromatic heterocycles. The minimum atomic E-state index is -3.82. The van der Waals surface area contributed by atoms with Crippen LogP contribution >= 0.6 is 0 Å². The van der Waals surface area contributed by atoms with Crippen molar-refractivity contribution in [3.63, 3.8) is 0 Å². The maximum absolute atomic E-state index is 12.1. The van der Waals surface area contributed by atoms with E-state index in [2.05, 4.69) is 10.8 Å². The van der Waals surface area contributed by atoms with Crippen LogP contribution in [-0.2, 0) is 14.3 Å². The molecule has 0 amide bonds. The smallest absolute Gasteiger partial charge is 1.00 e. The monoisotopic (exact) mass is 324 g/mol. The summed E-state index contributed by atoms with van der Waals surface area (Å²) in [5.74, 6) is 0. The fourth-order valence-electron chi connectivity index (χ4n) is 2.30. The Hall–Kier alpha value is -0.694. The van der Waals surface area contributed by atoms with E-state index >= 15 is 0 Å². The van der Waals surface area contributed by atoms with Crippen LogP contribution in [0.5, 0.6) is 0 Å². The van der Waals surface area contributed by atoms with Crippen LogP contribution in [0.25, 0.3) is 21.5 Å². The zero-order valence-corrected chi connectivity index (χ0v) is 15.6. The van der Waals surface area contributed by atoms with E-state index in [1.807, 2.05) is 42.5 Å². The number of rotatable bonds is 3. The van der Waals surface area contributed by atoms with Crippen LogP contribution in [0.1, 0.15) is 1.43 Å². The minimum absolute atomic E-state index is 0. The molecule has 21 heavy (non-hydrogen) atoms. The average Bonchev–Trinajstić information content (AvgIpc) is 2.44. The minimum Gasteiger partial charge on any atom is -1.00 e. The van der Waals surface area contributed by atoms with Crippen LogP contribution in [0.3, 0.4) is 0 Å². The van der Waals surface area contributed by atoms with Gasteiger partial charge in [-0.3, -0.25) is 0 Å². The second-order valence-electron chi connectivity index (χ2n) is 4.39. The Labute approximate surface area is 167 Å². The van der Waals surface area contributed by atoms with Crippen molar-refractivity contribution in [2.24, 2.45) is 0 Å².